The molecule has 1 aromatic rings. The SMILES string of the molecule is CCCCCc1ccc(OCCCN)c(CCCCC)c1. The molecule has 0 heterocycles. The molecule has 120 valence electrons. The van der Waals surface area contributed by atoms with Gasteiger partial charge in [0.15, 0.2) is 0 Å². The van der Waals surface area contributed by atoms with Crippen LogP contribution in [0.2, 0.25) is 0 Å². The first kappa shape index (κ1) is 18.0. The molecule has 1 rings (SSSR count). The van der Waals surface area contributed by atoms with Gasteiger partial charge in [-0.3, -0.25) is 0 Å². The van der Waals surface area contributed by atoms with E-state index in [-0.39, 0.29) is 0 Å². The third kappa shape index (κ3) is 7.52. The molecule has 0 aliphatic heterocycles. The van der Waals surface area contributed by atoms with Crippen molar-refractivity contribution in [2.45, 2.75) is 71.6 Å². The lowest BCUT2D eigenvalue weighted by atomic mass is 10.0. The predicted octanol–water partition coefficient (Wildman–Crippen LogP) is 4.88. The van der Waals surface area contributed by atoms with Gasteiger partial charge in [0.05, 0.1) is 6.61 Å². The zero-order valence-electron chi connectivity index (χ0n) is 14.0. The molecule has 2 nitrogen and oxygen atoms in total. The first-order valence-corrected chi connectivity index (χ1v) is 8.76. The molecule has 0 spiro atoms. The van der Waals surface area contributed by atoms with E-state index in [1.54, 1.807) is 0 Å². The van der Waals surface area contributed by atoms with E-state index in [2.05, 4.69) is 32.0 Å². The van der Waals surface area contributed by atoms with E-state index < -0.39 is 0 Å². The average molecular weight is 291 g/mol. The third-order valence-corrected chi connectivity index (χ3v) is 3.85. The molecular weight excluding hydrogens is 258 g/mol. The largest absolute Gasteiger partial charge is 0.493 e. The van der Waals surface area contributed by atoms with Crippen LogP contribution in [-0.4, -0.2) is 13.2 Å². The summed E-state index contributed by atoms with van der Waals surface area (Å²) < 4.78 is 5.91. The molecule has 0 saturated heterocycles. The van der Waals surface area contributed by atoms with Crippen LogP contribution < -0.4 is 10.5 Å². The minimum absolute atomic E-state index is 0.695. The predicted molar refractivity (Wildman–Crippen MR) is 92.1 cm³/mol. The maximum atomic E-state index is 5.91. The van der Waals surface area contributed by atoms with Crippen LogP contribution in [0.15, 0.2) is 18.2 Å². The Labute approximate surface area is 131 Å². The highest BCUT2D eigenvalue weighted by molar-refractivity contribution is 5.37. The van der Waals surface area contributed by atoms with Crippen LogP contribution >= 0.6 is 0 Å². The fraction of sp³-hybridized carbons (Fsp3) is 0.684. The lowest BCUT2D eigenvalue weighted by Gasteiger charge is -2.13. The minimum Gasteiger partial charge on any atom is -0.493 e. The lowest BCUT2D eigenvalue weighted by molar-refractivity contribution is 0.310. The van der Waals surface area contributed by atoms with Gasteiger partial charge in [-0.05, 0) is 55.8 Å². The second kappa shape index (κ2) is 11.6. The number of rotatable bonds is 12. The molecule has 21 heavy (non-hydrogen) atoms. The number of benzene rings is 1. The fourth-order valence-electron chi connectivity index (χ4n) is 2.53. The van der Waals surface area contributed by atoms with E-state index in [4.69, 9.17) is 10.5 Å². The highest BCUT2D eigenvalue weighted by Crippen LogP contribution is 2.24. The smallest absolute Gasteiger partial charge is 0.122 e. The van der Waals surface area contributed by atoms with E-state index in [1.807, 2.05) is 0 Å². The van der Waals surface area contributed by atoms with Crippen molar-refractivity contribution in [3.8, 4) is 5.75 Å². The van der Waals surface area contributed by atoms with Crippen molar-refractivity contribution in [2.75, 3.05) is 13.2 Å². The molecule has 0 bridgehead atoms. The van der Waals surface area contributed by atoms with Gasteiger partial charge in [0.1, 0.15) is 5.75 Å². The molecule has 0 aromatic heterocycles. The zero-order valence-corrected chi connectivity index (χ0v) is 14.0. The van der Waals surface area contributed by atoms with Gasteiger partial charge in [-0.1, -0.05) is 51.7 Å². The van der Waals surface area contributed by atoms with E-state index >= 15 is 0 Å². The van der Waals surface area contributed by atoms with E-state index in [1.165, 1.54) is 56.1 Å². The molecule has 0 aliphatic rings. The first-order chi connectivity index (χ1) is 10.3. The maximum Gasteiger partial charge on any atom is 0.122 e. The molecule has 0 atom stereocenters. The second-order valence-corrected chi connectivity index (χ2v) is 5.85. The van der Waals surface area contributed by atoms with Crippen LogP contribution in [0.25, 0.3) is 0 Å². The van der Waals surface area contributed by atoms with Gasteiger partial charge in [0.25, 0.3) is 0 Å². The van der Waals surface area contributed by atoms with Gasteiger partial charge in [0.2, 0.25) is 0 Å². The maximum absolute atomic E-state index is 5.91. The Hall–Kier alpha value is -1.02. The van der Waals surface area contributed by atoms with Gasteiger partial charge >= 0.3 is 0 Å². The Balaban J connectivity index is 2.65. The quantitative estimate of drug-likeness (QED) is 0.557. The summed E-state index contributed by atoms with van der Waals surface area (Å²) in [5.41, 5.74) is 8.38. The summed E-state index contributed by atoms with van der Waals surface area (Å²) in [4.78, 5) is 0. The Morgan fingerprint density at radius 3 is 2.29 bits per heavy atom. The normalized spacial score (nSPS) is 10.8. The van der Waals surface area contributed by atoms with Crippen LogP contribution in [0.4, 0.5) is 0 Å². The van der Waals surface area contributed by atoms with Gasteiger partial charge < -0.3 is 10.5 Å². The Kier molecular flexibility index (Phi) is 9.98. The molecular formula is C19H33NO. The summed E-state index contributed by atoms with van der Waals surface area (Å²) in [6.07, 6.45) is 10.9. The molecule has 1 aromatic carbocycles. The number of hydrogen-bond acceptors (Lipinski definition) is 2. The van der Waals surface area contributed by atoms with Crippen molar-refractivity contribution in [3.05, 3.63) is 29.3 Å². The van der Waals surface area contributed by atoms with Crippen molar-refractivity contribution in [3.63, 3.8) is 0 Å². The molecule has 2 N–H and O–H groups in total. The lowest BCUT2D eigenvalue weighted by Crippen LogP contribution is -2.07. The Morgan fingerprint density at radius 2 is 1.62 bits per heavy atom. The van der Waals surface area contributed by atoms with Crippen molar-refractivity contribution in [2.24, 2.45) is 5.73 Å². The minimum atomic E-state index is 0.695. The fourth-order valence-corrected chi connectivity index (χ4v) is 2.53. The van der Waals surface area contributed by atoms with E-state index in [0.29, 0.717) is 6.54 Å². The van der Waals surface area contributed by atoms with Gasteiger partial charge in [-0.2, -0.15) is 0 Å². The van der Waals surface area contributed by atoms with Crippen molar-refractivity contribution in [1.82, 2.24) is 0 Å². The van der Waals surface area contributed by atoms with Crippen LogP contribution in [0.5, 0.6) is 5.75 Å². The highest BCUT2D eigenvalue weighted by atomic mass is 16.5. The topological polar surface area (TPSA) is 35.2 Å². The summed E-state index contributed by atoms with van der Waals surface area (Å²) in [6.45, 7) is 5.93. The third-order valence-electron chi connectivity index (χ3n) is 3.85. The number of hydrogen-bond donors (Lipinski definition) is 1. The zero-order chi connectivity index (χ0) is 15.3. The standard InChI is InChI=1S/C19H33NO/c1-3-5-7-10-17-12-13-19(21-15-9-14-20)18(16-17)11-8-6-4-2/h12-13,16H,3-11,14-15,20H2,1-2H3. The summed E-state index contributed by atoms with van der Waals surface area (Å²) >= 11 is 0. The van der Waals surface area contributed by atoms with Gasteiger partial charge in [-0.25, -0.2) is 0 Å². The van der Waals surface area contributed by atoms with Crippen LogP contribution in [0, 0.1) is 0 Å². The van der Waals surface area contributed by atoms with Crippen LogP contribution in [-0.2, 0) is 12.8 Å². The average Bonchev–Trinajstić information content (AvgIpc) is 2.50. The molecule has 0 fully saturated rings. The molecule has 0 unspecified atom stereocenters. The molecule has 0 radical (unpaired) electrons. The van der Waals surface area contributed by atoms with E-state index in [9.17, 15) is 0 Å². The first-order valence-electron chi connectivity index (χ1n) is 8.76. The van der Waals surface area contributed by atoms with Gasteiger partial charge in [0, 0.05) is 0 Å². The molecule has 0 aliphatic carbocycles. The Bertz CT molecular complexity index is 376. The number of aryl methyl sites for hydroxylation is 2. The van der Waals surface area contributed by atoms with E-state index in [0.717, 1.165) is 25.2 Å². The highest BCUT2D eigenvalue weighted by Gasteiger charge is 2.06. The summed E-state index contributed by atoms with van der Waals surface area (Å²) in [5.74, 6) is 1.07. The van der Waals surface area contributed by atoms with Crippen LogP contribution in [0.1, 0.15) is 69.9 Å². The number of ether oxygens (including phenoxy) is 1. The van der Waals surface area contributed by atoms with Crippen molar-refractivity contribution < 1.29 is 4.74 Å². The van der Waals surface area contributed by atoms with Gasteiger partial charge in [-0.15, -0.1) is 0 Å². The molecule has 0 amide bonds. The molecule has 0 saturated carbocycles. The number of unbranched alkanes of at least 4 members (excludes halogenated alkanes) is 4. The van der Waals surface area contributed by atoms with Crippen molar-refractivity contribution >= 4 is 0 Å². The monoisotopic (exact) mass is 291 g/mol. The summed E-state index contributed by atoms with van der Waals surface area (Å²) in [7, 11) is 0. The Morgan fingerprint density at radius 1 is 0.905 bits per heavy atom. The second-order valence-electron chi connectivity index (χ2n) is 5.85. The summed E-state index contributed by atoms with van der Waals surface area (Å²) in [5, 5.41) is 0. The summed E-state index contributed by atoms with van der Waals surface area (Å²) in [6, 6.07) is 6.76. The van der Waals surface area contributed by atoms with Crippen molar-refractivity contribution in [1.29, 1.82) is 0 Å². The molecule has 2 heteroatoms. The number of nitrogens with two attached hydrogens (primary N) is 1. The van der Waals surface area contributed by atoms with Crippen LogP contribution in [0.3, 0.4) is 0 Å².